The van der Waals surface area contributed by atoms with Crippen LogP contribution in [0.4, 0.5) is 0 Å². The average molecular weight is 348 g/mol. The third-order valence-electron chi connectivity index (χ3n) is 4.67. The molecule has 0 bridgehead atoms. The summed E-state index contributed by atoms with van der Waals surface area (Å²) < 4.78 is 0. The average Bonchev–Trinajstić information content (AvgIpc) is 2.56. The topological polar surface area (TPSA) is 77.3 Å². The Hall–Kier alpha value is -2.76. The molecular weight excluding hydrogens is 324 g/mol. The highest BCUT2D eigenvalue weighted by Gasteiger charge is 2.19. The fourth-order valence-corrected chi connectivity index (χ4v) is 2.97. The quantitative estimate of drug-likeness (QED) is 0.700. The van der Waals surface area contributed by atoms with Crippen molar-refractivity contribution in [3.05, 3.63) is 45.6 Å². The number of aryl methyl sites for hydroxylation is 7. The molecule has 0 aromatic carbocycles. The van der Waals surface area contributed by atoms with Crippen LogP contribution < -0.4 is 0 Å². The molecule has 0 N–H and O–H groups in total. The van der Waals surface area contributed by atoms with E-state index in [9.17, 15) is 0 Å². The molecule has 0 spiro atoms. The Morgan fingerprint density at radius 2 is 0.692 bits per heavy atom. The monoisotopic (exact) mass is 348 g/mol. The predicted octanol–water partition coefficient (Wildman–Crippen LogP) is 3.86. The molecule has 3 aromatic rings. The van der Waals surface area contributed by atoms with Crippen molar-refractivity contribution in [2.45, 2.75) is 55.4 Å². The van der Waals surface area contributed by atoms with Gasteiger partial charge in [-0.3, -0.25) is 9.97 Å². The minimum absolute atomic E-state index is 0.680. The maximum Gasteiger partial charge on any atom is 0.126 e. The van der Waals surface area contributed by atoms with Crippen molar-refractivity contribution < 1.29 is 0 Å². The summed E-state index contributed by atoms with van der Waals surface area (Å²) in [5.41, 5.74) is 9.56. The van der Waals surface area contributed by atoms with Crippen molar-refractivity contribution >= 4 is 0 Å². The van der Waals surface area contributed by atoms with Gasteiger partial charge in [0.25, 0.3) is 0 Å². The number of nitrogens with zero attached hydrogens (tertiary/aromatic N) is 6. The normalized spacial score (nSPS) is 11.1. The van der Waals surface area contributed by atoms with Gasteiger partial charge in [0.05, 0.1) is 45.6 Å². The zero-order chi connectivity index (χ0) is 19.2. The Kier molecular flexibility index (Phi) is 4.52. The lowest BCUT2D eigenvalue weighted by Gasteiger charge is -2.15. The first-order valence-electron chi connectivity index (χ1n) is 8.68. The molecule has 0 unspecified atom stereocenters. The first-order valence-corrected chi connectivity index (χ1v) is 8.68. The largest absolute Gasteiger partial charge is 0.254 e. The first kappa shape index (κ1) is 18.0. The van der Waals surface area contributed by atoms with E-state index in [0.29, 0.717) is 5.82 Å². The summed E-state index contributed by atoms with van der Waals surface area (Å²) in [6.45, 7) is 15.7. The molecule has 0 radical (unpaired) electrons. The molecule has 0 aliphatic carbocycles. The first-order chi connectivity index (χ1) is 12.2. The van der Waals surface area contributed by atoms with Gasteiger partial charge >= 0.3 is 0 Å². The molecule has 0 saturated heterocycles. The van der Waals surface area contributed by atoms with E-state index in [1.165, 1.54) is 0 Å². The van der Waals surface area contributed by atoms with Gasteiger partial charge in [-0.1, -0.05) is 0 Å². The van der Waals surface area contributed by atoms with Gasteiger partial charge in [-0.25, -0.2) is 19.9 Å². The zero-order valence-electron chi connectivity index (χ0n) is 16.7. The van der Waals surface area contributed by atoms with Crippen LogP contribution in [0.15, 0.2) is 0 Å². The van der Waals surface area contributed by atoms with E-state index in [-0.39, 0.29) is 0 Å². The molecule has 3 aromatic heterocycles. The second kappa shape index (κ2) is 6.52. The number of hydrogen-bond donors (Lipinski definition) is 0. The van der Waals surface area contributed by atoms with E-state index in [4.69, 9.17) is 9.97 Å². The van der Waals surface area contributed by atoms with Crippen LogP contribution in [0.2, 0.25) is 0 Å². The summed E-state index contributed by atoms with van der Waals surface area (Å²) >= 11 is 0. The SMILES string of the molecule is Cc1nc(-c2nc(C)c(C)nc2C)c(C)c(-c2nc(C)c(C)nc2C)n1. The van der Waals surface area contributed by atoms with E-state index in [0.717, 1.165) is 62.5 Å². The number of aromatic nitrogens is 6. The number of hydrogen-bond acceptors (Lipinski definition) is 6. The lowest BCUT2D eigenvalue weighted by molar-refractivity contribution is 0.963. The Bertz CT molecular complexity index is 945. The molecule has 6 heteroatoms. The Balaban J connectivity index is 2.30. The standard InChI is InChI=1S/C20H24N6/c1-9-17(19-14(6)21-10(2)12(4)23-19)25-16(8)26-18(9)20-15(7)22-11(3)13(5)24-20/h1-8H3. The third-order valence-corrected chi connectivity index (χ3v) is 4.67. The van der Waals surface area contributed by atoms with Crippen molar-refractivity contribution in [3.63, 3.8) is 0 Å². The van der Waals surface area contributed by atoms with Gasteiger partial charge in [-0.15, -0.1) is 0 Å². The van der Waals surface area contributed by atoms with Gasteiger partial charge in [-0.05, 0) is 55.4 Å². The lowest BCUT2D eigenvalue weighted by atomic mass is 10.0. The Morgan fingerprint density at radius 1 is 0.346 bits per heavy atom. The molecule has 134 valence electrons. The lowest BCUT2D eigenvalue weighted by Crippen LogP contribution is -2.07. The van der Waals surface area contributed by atoms with E-state index in [1.807, 2.05) is 55.4 Å². The summed E-state index contributed by atoms with van der Waals surface area (Å²) in [6.07, 6.45) is 0. The van der Waals surface area contributed by atoms with E-state index >= 15 is 0 Å². The van der Waals surface area contributed by atoms with Crippen molar-refractivity contribution in [3.8, 4) is 22.8 Å². The second-order valence-electron chi connectivity index (χ2n) is 6.75. The van der Waals surface area contributed by atoms with Gasteiger partial charge in [0.1, 0.15) is 17.2 Å². The molecule has 26 heavy (non-hydrogen) atoms. The molecule has 0 atom stereocenters. The van der Waals surface area contributed by atoms with Gasteiger partial charge in [-0.2, -0.15) is 0 Å². The van der Waals surface area contributed by atoms with Crippen LogP contribution in [0.1, 0.15) is 45.6 Å². The van der Waals surface area contributed by atoms with Crippen molar-refractivity contribution in [2.24, 2.45) is 0 Å². The summed E-state index contributed by atoms with van der Waals surface area (Å²) in [5.74, 6) is 0.680. The fourth-order valence-electron chi connectivity index (χ4n) is 2.97. The Labute approximate surface area is 154 Å². The second-order valence-corrected chi connectivity index (χ2v) is 6.75. The van der Waals surface area contributed by atoms with Gasteiger partial charge in [0.2, 0.25) is 0 Å². The van der Waals surface area contributed by atoms with Crippen LogP contribution in [-0.2, 0) is 0 Å². The zero-order valence-corrected chi connectivity index (χ0v) is 16.7. The molecule has 0 aliphatic heterocycles. The Morgan fingerprint density at radius 3 is 1.08 bits per heavy atom. The summed E-state index contributed by atoms with van der Waals surface area (Å²) in [5, 5.41) is 0. The van der Waals surface area contributed by atoms with E-state index in [1.54, 1.807) is 0 Å². The minimum atomic E-state index is 0.680. The van der Waals surface area contributed by atoms with Crippen LogP contribution in [0.3, 0.4) is 0 Å². The maximum absolute atomic E-state index is 4.74. The molecular formula is C20H24N6. The highest BCUT2D eigenvalue weighted by Crippen LogP contribution is 2.30. The van der Waals surface area contributed by atoms with Crippen molar-refractivity contribution in [1.29, 1.82) is 0 Å². The molecule has 0 saturated carbocycles. The van der Waals surface area contributed by atoms with Gasteiger partial charge in [0, 0.05) is 5.56 Å². The smallest absolute Gasteiger partial charge is 0.126 e. The molecule has 3 heterocycles. The van der Waals surface area contributed by atoms with Gasteiger partial charge < -0.3 is 0 Å². The molecule has 0 amide bonds. The predicted molar refractivity (Wildman–Crippen MR) is 102 cm³/mol. The van der Waals surface area contributed by atoms with Crippen LogP contribution in [0.5, 0.6) is 0 Å². The molecule has 6 nitrogen and oxygen atoms in total. The van der Waals surface area contributed by atoms with Crippen LogP contribution in [0.25, 0.3) is 22.8 Å². The van der Waals surface area contributed by atoms with Crippen molar-refractivity contribution in [2.75, 3.05) is 0 Å². The summed E-state index contributed by atoms with van der Waals surface area (Å²) in [7, 11) is 0. The molecule has 0 fully saturated rings. The van der Waals surface area contributed by atoms with Crippen LogP contribution >= 0.6 is 0 Å². The van der Waals surface area contributed by atoms with Crippen LogP contribution in [0, 0.1) is 55.4 Å². The number of rotatable bonds is 2. The summed E-state index contributed by atoms with van der Waals surface area (Å²) in [6, 6.07) is 0. The van der Waals surface area contributed by atoms with Gasteiger partial charge in [0.15, 0.2) is 0 Å². The van der Waals surface area contributed by atoms with E-state index < -0.39 is 0 Å². The highest BCUT2D eigenvalue weighted by molar-refractivity contribution is 5.71. The molecule has 0 aliphatic rings. The maximum atomic E-state index is 4.74. The van der Waals surface area contributed by atoms with E-state index in [2.05, 4.69) is 19.9 Å². The van der Waals surface area contributed by atoms with Crippen molar-refractivity contribution in [1.82, 2.24) is 29.9 Å². The van der Waals surface area contributed by atoms with Crippen LogP contribution in [-0.4, -0.2) is 29.9 Å². The molecule has 3 rings (SSSR count). The third kappa shape index (κ3) is 3.07. The fraction of sp³-hybridized carbons (Fsp3) is 0.400. The summed E-state index contributed by atoms with van der Waals surface area (Å²) in [4.78, 5) is 28.1. The highest BCUT2D eigenvalue weighted by atomic mass is 15.0. The minimum Gasteiger partial charge on any atom is -0.254 e.